The number of carbonyl (C=O) groups is 1. The standard InChI is InChI=1S/C16H23NOS/c1-4-15(18)13-7-5-6-8-14(13)17-10-9-16(2,3)19-12-11-17/h5-8H,4,9-12H2,1-3H3. The third kappa shape index (κ3) is 3.53. The number of Topliss-reactive ketones (excluding diaryl/α,β-unsaturated/α-hetero) is 1. The van der Waals surface area contributed by atoms with Gasteiger partial charge in [0, 0.05) is 41.3 Å². The van der Waals surface area contributed by atoms with Crippen LogP contribution >= 0.6 is 11.8 Å². The van der Waals surface area contributed by atoms with E-state index in [9.17, 15) is 4.79 Å². The molecule has 1 aliphatic rings. The Morgan fingerprint density at radius 2 is 2.05 bits per heavy atom. The van der Waals surface area contributed by atoms with E-state index < -0.39 is 0 Å². The third-order valence-electron chi connectivity index (χ3n) is 3.70. The number of ketones is 1. The van der Waals surface area contributed by atoms with Crippen molar-refractivity contribution >= 4 is 23.2 Å². The second-order valence-corrected chi connectivity index (χ2v) is 7.44. The van der Waals surface area contributed by atoms with E-state index in [-0.39, 0.29) is 5.78 Å². The quantitative estimate of drug-likeness (QED) is 0.779. The number of hydrogen-bond donors (Lipinski definition) is 0. The second-order valence-electron chi connectivity index (χ2n) is 5.64. The molecule has 0 aromatic heterocycles. The van der Waals surface area contributed by atoms with Crippen LogP contribution in [-0.2, 0) is 0 Å². The van der Waals surface area contributed by atoms with E-state index in [1.54, 1.807) is 0 Å². The highest BCUT2D eigenvalue weighted by Gasteiger charge is 2.25. The lowest BCUT2D eigenvalue weighted by atomic mass is 10.0. The van der Waals surface area contributed by atoms with Crippen molar-refractivity contribution in [3.05, 3.63) is 29.8 Å². The fourth-order valence-corrected chi connectivity index (χ4v) is 3.54. The molecule has 19 heavy (non-hydrogen) atoms. The van der Waals surface area contributed by atoms with Crippen LogP contribution in [0.25, 0.3) is 0 Å². The van der Waals surface area contributed by atoms with Gasteiger partial charge in [0.25, 0.3) is 0 Å². The summed E-state index contributed by atoms with van der Waals surface area (Å²) in [7, 11) is 0. The second kappa shape index (κ2) is 6.00. The van der Waals surface area contributed by atoms with Crippen LogP contribution in [0.1, 0.15) is 44.0 Å². The zero-order chi connectivity index (χ0) is 13.9. The normalized spacial score (nSPS) is 19.0. The summed E-state index contributed by atoms with van der Waals surface area (Å²) < 4.78 is 0.346. The van der Waals surface area contributed by atoms with Crippen LogP contribution in [0.15, 0.2) is 24.3 Å². The monoisotopic (exact) mass is 277 g/mol. The van der Waals surface area contributed by atoms with Crippen molar-refractivity contribution in [2.24, 2.45) is 0 Å². The van der Waals surface area contributed by atoms with Gasteiger partial charge in [-0.25, -0.2) is 0 Å². The van der Waals surface area contributed by atoms with Crippen LogP contribution in [0.5, 0.6) is 0 Å². The highest BCUT2D eigenvalue weighted by molar-refractivity contribution is 8.00. The van der Waals surface area contributed by atoms with Crippen molar-refractivity contribution in [1.29, 1.82) is 0 Å². The van der Waals surface area contributed by atoms with Crippen molar-refractivity contribution in [3.63, 3.8) is 0 Å². The smallest absolute Gasteiger partial charge is 0.164 e. The van der Waals surface area contributed by atoms with Gasteiger partial charge in [-0.3, -0.25) is 4.79 Å². The number of nitrogens with zero attached hydrogens (tertiary/aromatic N) is 1. The molecule has 1 fully saturated rings. The Balaban J connectivity index is 2.24. The lowest BCUT2D eigenvalue weighted by molar-refractivity contribution is 0.0988. The Kier molecular flexibility index (Phi) is 4.56. The Morgan fingerprint density at radius 1 is 1.32 bits per heavy atom. The van der Waals surface area contributed by atoms with Gasteiger partial charge in [0.15, 0.2) is 5.78 Å². The van der Waals surface area contributed by atoms with Crippen molar-refractivity contribution in [3.8, 4) is 0 Å². The number of para-hydroxylation sites is 1. The number of hydrogen-bond acceptors (Lipinski definition) is 3. The predicted octanol–water partition coefficient (Wildman–Crippen LogP) is 4.00. The Morgan fingerprint density at radius 3 is 2.79 bits per heavy atom. The predicted molar refractivity (Wildman–Crippen MR) is 84.4 cm³/mol. The molecule has 1 saturated heterocycles. The van der Waals surface area contributed by atoms with Crippen molar-refractivity contribution < 1.29 is 4.79 Å². The molecule has 0 N–H and O–H groups in total. The fraction of sp³-hybridized carbons (Fsp3) is 0.562. The minimum Gasteiger partial charge on any atom is -0.370 e. The molecule has 1 aliphatic heterocycles. The van der Waals surface area contributed by atoms with Gasteiger partial charge in [-0.15, -0.1) is 0 Å². The number of thioether (sulfide) groups is 1. The van der Waals surface area contributed by atoms with Gasteiger partial charge in [0.05, 0.1) is 0 Å². The summed E-state index contributed by atoms with van der Waals surface area (Å²) in [6.07, 6.45) is 1.73. The Labute approximate surface area is 120 Å². The zero-order valence-electron chi connectivity index (χ0n) is 12.1. The van der Waals surface area contributed by atoms with E-state index in [0.717, 1.165) is 36.5 Å². The number of rotatable bonds is 3. The van der Waals surface area contributed by atoms with Gasteiger partial charge < -0.3 is 4.90 Å². The minimum absolute atomic E-state index is 0.242. The highest BCUT2D eigenvalue weighted by Crippen LogP contribution is 2.33. The topological polar surface area (TPSA) is 20.3 Å². The summed E-state index contributed by atoms with van der Waals surface area (Å²) in [4.78, 5) is 14.4. The molecule has 0 saturated carbocycles. The fourth-order valence-electron chi connectivity index (χ4n) is 2.44. The summed E-state index contributed by atoms with van der Waals surface area (Å²) in [5.41, 5.74) is 2.00. The minimum atomic E-state index is 0.242. The molecule has 0 aliphatic carbocycles. The van der Waals surface area contributed by atoms with Crippen molar-refractivity contribution in [2.45, 2.75) is 38.4 Å². The molecular formula is C16H23NOS. The molecular weight excluding hydrogens is 254 g/mol. The van der Waals surface area contributed by atoms with Gasteiger partial charge in [-0.2, -0.15) is 11.8 Å². The van der Waals surface area contributed by atoms with Crippen LogP contribution in [-0.4, -0.2) is 29.4 Å². The summed E-state index contributed by atoms with van der Waals surface area (Å²) in [6, 6.07) is 8.05. The molecule has 1 heterocycles. The van der Waals surface area contributed by atoms with E-state index >= 15 is 0 Å². The zero-order valence-corrected chi connectivity index (χ0v) is 12.9. The molecule has 104 valence electrons. The van der Waals surface area contributed by atoms with Crippen molar-refractivity contribution in [1.82, 2.24) is 0 Å². The summed E-state index contributed by atoms with van der Waals surface area (Å²) >= 11 is 2.03. The van der Waals surface area contributed by atoms with E-state index in [0.29, 0.717) is 11.2 Å². The SMILES string of the molecule is CCC(=O)c1ccccc1N1CCSC(C)(C)CC1. The molecule has 0 atom stereocenters. The highest BCUT2D eigenvalue weighted by atomic mass is 32.2. The largest absolute Gasteiger partial charge is 0.370 e. The number of benzene rings is 1. The maximum Gasteiger partial charge on any atom is 0.164 e. The molecule has 0 spiro atoms. The first kappa shape index (κ1) is 14.4. The molecule has 2 rings (SSSR count). The first-order valence-corrected chi connectivity index (χ1v) is 8.03. The Bertz CT molecular complexity index is 456. The van der Waals surface area contributed by atoms with Crippen LogP contribution in [0.2, 0.25) is 0 Å². The molecule has 0 unspecified atom stereocenters. The van der Waals surface area contributed by atoms with Gasteiger partial charge in [-0.1, -0.05) is 32.9 Å². The first-order valence-electron chi connectivity index (χ1n) is 7.04. The first-order chi connectivity index (χ1) is 9.03. The van der Waals surface area contributed by atoms with Crippen molar-refractivity contribution in [2.75, 3.05) is 23.7 Å². The maximum absolute atomic E-state index is 12.1. The molecule has 1 aromatic carbocycles. The van der Waals surface area contributed by atoms with Gasteiger partial charge in [-0.05, 0) is 18.6 Å². The summed E-state index contributed by atoms with van der Waals surface area (Å²) in [5, 5.41) is 0. The van der Waals surface area contributed by atoms with Crippen LogP contribution < -0.4 is 4.90 Å². The van der Waals surface area contributed by atoms with E-state index in [4.69, 9.17) is 0 Å². The molecule has 2 nitrogen and oxygen atoms in total. The average molecular weight is 277 g/mol. The van der Waals surface area contributed by atoms with E-state index in [1.807, 2.05) is 36.9 Å². The molecule has 3 heteroatoms. The van der Waals surface area contributed by atoms with Crippen LogP contribution in [0.3, 0.4) is 0 Å². The molecule has 1 aromatic rings. The lowest BCUT2D eigenvalue weighted by Gasteiger charge is -2.26. The Hall–Kier alpha value is -0.960. The van der Waals surface area contributed by atoms with Crippen LogP contribution in [0, 0.1) is 0 Å². The van der Waals surface area contributed by atoms with Gasteiger partial charge in [0.1, 0.15) is 0 Å². The average Bonchev–Trinajstić information content (AvgIpc) is 2.59. The lowest BCUT2D eigenvalue weighted by Crippen LogP contribution is -2.28. The summed E-state index contributed by atoms with van der Waals surface area (Å²) in [6.45, 7) is 8.62. The molecule has 0 bridgehead atoms. The maximum atomic E-state index is 12.1. The molecule has 0 radical (unpaired) electrons. The van der Waals surface area contributed by atoms with Crippen LogP contribution in [0.4, 0.5) is 5.69 Å². The van der Waals surface area contributed by atoms with E-state index in [1.165, 1.54) is 0 Å². The molecule has 0 amide bonds. The van der Waals surface area contributed by atoms with Gasteiger partial charge >= 0.3 is 0 Å². The number of anilines is 1. The third-order valence-corrected chi connectivity index (χ3v) is 5.08. The van der Waals surface area contributed by atoms with Gasteiger partial charge in [0.2, 0.25) is 0 Å². The van der Waals surface area contributed by atoms with E-state index in [2.05, 4.69) is 24.8 Å². The summed E-state index contributed by atoms with van der Waals surface area (Å²) in [5.74, 6) is 1.37. The number of carbonyl (C=O) groups excluding carboxylic acids is 1.